The predicted molar refractivity (Wildman–Crippen MR) is 146 cm³/mol. The molecule has 1 aliphatic rings. The lowest BCUT2D eigenvalue weighted by Crippen LogP contribution is -2.54. The van der Waals surface area contributed by atoms with Crippen molar-refractivity contribution in [1.82, 2.24) is 20.9 Å². The molecule has 1 saturated heterocycles. The number of piperidine rings is 1. The quantitative estimate of drug-likeness (QED) is 0.273. The third-order valence-corrected chi connectivity index (χ3v) is 5.88. The molecule has 2 heterocycles. The summed E-state index contributed by atoms with van der Waals surface area (Å²) in [6.07, 6.45) is 4.09. The van der Waals surface area contributed by atoms with Gasteiger partial charge in [0.1, 0.15) is 5.82 Å². The van der Waals surface area contributed by atoms with Crippen molar-refractivity contribution < 1.29 is 0 Å². The minimum absolute atomic E-state index is 0. The van der Waals surface area contributed by atoms with E-state index in [4.69, 9.17) is 0 Å². The molecule has 0 saturated carbocycles. The summed E-state index contributed by atoms with van der Waals surface area (Å²) in [6.45, 7) is 11.5. The van der Waals surface area contributed by atoms with E-state index in [0.29, 0.717) is 6.04 Å². The zero-order valence-corrected chi connectivity index (χ0v) is 22.4. The number of anilines is 1. The topological polar surface area (TPSA) is 64.6 Å². The molecule has 0 radical (unpaired) electrons. The molecule has 32 heavy (non-hydrogen) atoms. The summed E-state index contributed by atoms with van der Waals surface area (Å²) in [5, 5.41) is 10.8. The van der Waals surface area contributed by atoms with Crippen LogP contribution in [-0.4, -0.2) is 49.2 Å². The van der Waals surface area contributed by atoms with Gasteiger partial charge in [0, 0.05) is 50.5 Å². The predicted octanol–water partition coefficient (Wildman–Crippen LogP) is 4.27. The van der Waals surface area contributed by atoms with Gasteiger partial charge in [-0.2, -0.15) is 0 Å². The van der Waals surface area contributed by atoms with Crippen LogP contribution in [0.4, 0.5) is 5.82 Å². The molecule has 6 nitrogen and oxygen atoms in total. The number of aliphatic imine (C=N–C) groups is 1. The van der Waals surface area contributed by atoms with Gasteiger partial charge in [-0.05, 0) is 57.7 Å². The van der Waals surface area contributed by atoms with Gasteiger partial charge in [-0.15, -0.1) is 24.0 Å². The second-order valence-electron chi connectivity index (χ2n) is 9.19. The van der Waals surface area contributed by atoms with Gasteiger partial charge in [-0.3, -0.25) is 4.99 Å². The Bertz CT molecular complexity index is 829. The number of aryl methyl sites for hydroxylation is 1. The highest BCUT2D eigenvalue weighted by Gasteiger charge is 2.23. The van der Waals surface area contributed by atoms with Gasteiger partial charge < -0.3 is 20.9 Å². The van der Waals surface area contributed by atoms with Gasteiger partial charge in [0.05, 0.1) is 0 Å². The number of nitrogens with zero attached hydrogens (tertiary/aromatic N) is 3. The molecule has 1 fully saturated rings. The summed E-state index contributed by atoms with van der Waals surface area (Å²) < 4.78 is 0. The highest BCUT2D eigenvalue weighted by atomic mass is 127. The average Bonchev–Trinajstić information content (AvgIpc) is 2.78. The number of pyridine rings is 1. The SMILES string of the molecule is CN=C(NCC(C)(C)NC(C)c1ccccc1)NC1CCN(c2ccc(C)cn2)CC1.I. The summed E-state index contributed by atoms with van der Waals surface area (Å²) in [5.74, 6) is 1.95. The first-order valence-electron chi connectivity index (χ1n) is 11.3. The Balaban J connectivity index is 0.00000363. The maximum absolute atomic E-state index is 4.57. The smallest absolute Gasteiger partial charge is 0.191 e. The Morgan fingerprint density at radius 3 is 2.44 bits per heavy atom. The Hall–Kier alpha value is -1.87. The zero-order chi connectivity index (χ0) is 22.3. The van der Waals surface area contributed by atoms with E-state index in [2.05, 4.69) is 101 Å². The van der Waals surface area contributed by atoms with Crippen molar-refractivity contribution in [2.24, 2.45) is 4.99 Å². The number of rotatable bonds is 7. The standard InChI is InChI=1S/C25H38N6.HI/c1-19-11-12-23(27-17-19)31-15-13-22(14-16-31)29-24(26-5)28-18-25(3,4)30-20(2)21-9-7-6-8-10-21;/h6-12,17,20,22,30H,13-16,18H2,1-5H3,(H2,26,28,29);1H. The summed E-state index contributed by atoms with van der Waals surface area (Å²) in [5.41, 5.74) is 2.42. The van der Waals surface area contributed by atoms with Gasteiger partial charge in [-0.25, -0.2) is 4.98 Å². The van der Waals surface area contributed by atoms with E-state index in [9.17, 15) is 0 Å². The molecule has 176 valence electrons. The fourth-order valence-electron chi connectivity index (χ4n) is 4.05. The number of halogens is 1. The number of guanidine groups is 1. The highest BCUT2D eigenvalue weighted by Crippen LogP contribution is 2.18. The van der Waals surface area contributed by atoms with Crippen LogP contribution in [0.5, 0.6) is 0 Å². The highest BCUT2D eigenvalue weighted by molar-refractivity contribution is 14.0. The van der Waals surface area contributed by atoms with Crippen LogP contribution in [0.3, 0.4) is 0 Å². The van der Waals surface area contributed by atoms with Crippen LogP contribution < -0.4 is 20.9 Å². The molecular formula is C25H39IN6. The fourth-order valence-corrected chi connectivity index (χ4v) is 4.05. The van der Waals surface area contributed by atoms with Crippen molar-refractivity contribution in [2.75, 3.05) is 31.6 Å². The molecular weight excluding hydrogens is 511 g/mol. The third kappa shape index (κ3) is 7.92. The van der Waals surface area contributed by atoms with E-state index in [1.54, 1.807) is 0 Å². The van der Waals surface area contributed by atoms with Gasteiger partial charge in [0.15, 0.2) is 5.96 Å². The third-order valence-electron chi connectivity index (χ3n) is 5.88. The molecule has 3 N–H and O–H groups in total. The van der Waals surface area contributed by atoms with Crippen LogP contribution in [0.1, 0.15) is 50.8 Å². The second-order valence-corrected chi connectivity index (χ2v) is 9.19. The molecule has 0 bridgehead atoms. The molecule has 7 heteroatoms. The zero-order valence-electron chi connectivity index (χ0n) is 20.1. The number of nitrogens with one attached hydrogen (secondary N) is 3. The van der Waals surface area contributed by atoms with Crippen molar-refractivity contribution in [3.63, 3.8) is 0 Å². The first kappa shape index (κ1) is 26.4. The van der Waals surface area contributed by atoms with E-state index in [-0.39, 0.29) is 35.6 Å². The molecule has 3 rings (SSSR count). The first-order valence-corrected chi connectivity index (χ1v) is 11.3. The molecule has 0 amide bonds. The van der Waals surface area contributed by atoms with Crippen molar-refractivity contribution in [1.29, 1.82) is 0 Å². The van der Waals surface area contributed by atoms with Crippen molar-refractivity contribution in [3.8, 4) is 0 Å². The minimum atomic E-state index is -0.0760. The fraction of sp³-hybridized carbons (Fsp3) is 0.520. The molecule has 1 atom stereocenters. The molecule has 0 aliphatic carbocycles. The largest absolute Gasteiger partial charge is 0.356 e. The van der Waals surface area contributed by atoms with Gasteiger partial charge in [-0.1, -0.05) is 36.4 Å². The molecule has 1 aromatic carbocycles. The molecule has 0 spiro atoms. The summed E-state index contributed by atoms with van der Waals surface area (Å²) in [6, 6.07) is 15.5. The van der Waals surface area contributed by atoms with Crippen molar-refractivity contribution in [3.05, 3.63) is 59.8 Å². The first-order chi connectivity index (χ1) is 14.9. The maximum Gasteiger partial charge on any atom is 0.191 e. The molecule has 1 aromatic heterocycles. The normalized spacial score (nSPS) is 16.3. The van der Waals surface area contributed by atoms with Crippen LogP contribution in [0, 0.1) is 6.92 Å². The number of hydrogen-bond donors (Lipinski definition) is 3. The molecule has 2 aromatic rings. The summed E-state index contributed by atoms with van der Waals surface area (Å²) >= 11 is 0. The van der Waals surface area contributed by atoms with Crippen LogP contribution in [0.15, 0.2) is 53.7 Å². The minimum Gasteiger partial charge on any atom is -0.356 e. The Kier molecular flexibility index (Phi) is 10.2. The molecule has 1 unspecified atom stereocenters. The lowest BCUT2D eigenvalue weighted by atomic mass is 10.0. The lowest BCUT2D eigenvalue weighted by Gasteiger charge is -2.35. The van der Waals surface area contributed by atoms with Crippen LogP contribution in [0.2, 0.25) is 0 Å². The van der Waals surface area contributed by atoms with Crippen LogP contribution >= 0.6 is 24.0 Å². The Morgan fingerprint density at radius 1 is 1.16 bits per heavy atom. The van der Waals surface area contributed by atoms with Crippen molar-refractivity contribution in [2.45, 2.75) is 58.2 Å². The lowest BCUT2D eigenvalue weighted by molar-refractivity contribution is 0.343. The molecule has 1 aliphatic heterocycles. The van der Waals surface area contributed by atoms with E-state index < -0.39 is 0 Å². The number of hydrogen-bond acceptors (Lipinski definition) is 4. The van der Waals surface area contributed by atoms with Gasteiger partial charge in [0.2, 0.25) is 0 Å². The summed E-state index contributed by atoms with van der Waals surface area (Å²) in [7, 11) is 1.84. The van der Waals surface area contributed by atoms with E-state index in [1.807, 2.05) is 13.2 Å². The number of aromatic nitrogens is 1. The average molecular weight is 551 g/mol. The van der Waals surface area contributed by atoms with Gasteiger partial charge >= 0.3 is 0 Å². The van der Waals surface area contributed by atoms with Crippen molar-refractivity contribution >= 4 is 35.8 Å². The second kappa shape index (κ2) is 12.4. The van der Waals surface area contributed by atoms with Gasteiger partial charge in [0.25, 0.3) is 0 Å². The van der Waals surface area contributed by atoms with Crippen LogP contribution in [0.25, 0.3) is 0 Å². The summed E-state index contributed by atoms with van der Waals surface area (Å²) in [4.78, 5) is 11.4. The number of benzene rings is 1. The van der Waals surface area contributed by atoms with E-state index >= 15 is 0 Å². The van der Waals surface area contributed by atoms with E-state index in [0.717, 1.165) is 44.3 Å². The monoisotopic (exact) mass is 550 g/mol. The van der Waals surface area contributed by atoms with Crippen LogP contribution in [-0.2, 0) is 0 Å². The maximum atomic E-state index is 4.57. The Morgan fingerprint density at radius 2 is 1.84 bits per heavy atom. The van der Waals surface area contributed by atoms with E-state index in [1.165, 1.54) is 11.1 Å². The Labute approximate surface area is 210 Å².